The van der Waals surface area contributed by atoms with Crippen LogP contribution in [0.2, 0.25) is 5.02 Å². The number of rotatable bonds is 1. The molecule has 1 N–H and O–H groups in total. The summed E-state index contributed by atoms with van der Waals surface area (Å²) in [5.74, 6) is -2.09. The summed E-state index contributed by atoms with van der Waals surface area (Å²) in [5, 5.41) is 2.94. The third kappa shape index (κ3) is 3.04. The van der Waals surface area contributed by atoms with Gasteiger partial charge in [0.05, 0.1) is 10.6 Å². The van der Waals surface area contributed by atoms with Crippen LogP contribution in [0.5, 0.6) is 0 Å². The Hall–Kier alpha value is -1.20. The molecular formula is C13H15ClF2N2O. The van der Waals surface area contributed by atoms with Crippen LogP contribution < -0.4 is 5.32 Å². The number of nitrogens with one attached hydrogen (secondary N) is 1. The van der Waals surface area contributed by atoms with E-state index in [0.29, 0.717) is 13.1 Å². The van der Waals surface area contributed by atoms with Gasteiger partial charge >= 0.3 is 0 Å². The minimum atomic E-state index is -0.796. The molecule has 0 saturated carbocycles. The van der Waals surface area contributed by atoms with Gasteiger partial charge in [-0.05, 0) is 26.0 Å². The van der Waals surface area contributed by atoms with Crippen LogP contribution in [0.15, 0.2) is 12.1 Å². The highest BCUT2D eigenvalue weighted by molar-refractivity contribution is 6.30. The predicted molar refractivity (Wildman–Crippen MR) is 69.3 cm³/mol. The Labute approximate surface area is 115 Å². The molecule has 1 aliphatic rings. The molecule has 1 amide bonds. The van der Waals surface area contributed by atoms with Gasteiger partial charge < -0.3 is 10.2 Å². The van der Waals surface area contributed by atoms with Crippen LogP contribution in [-0.2, 0) is 0 Å². The lowest BCUT2D eigenvalue weighted by Crippen LogP contribution is -2.55. The van der Waals surface area contributed by atoms with Gasteiger partial charge in [-0.25, -0.2) is 8.78 Å². The second-order valence-corrected chi connectivity index (χ2v) is 5.33. The predicted octanol–water partition coefficient (Wildman–Crippen LogP) is 2.44. The van der Waals surface area contributed by atoms with Gasteiger partial charge in [0.15, 0.2) is 0 Å². The summed E-state index contributed by atoms with van der Waals surface area (Å²) in [7, 11) is 0. The van der Waals surface area contributed by atoms with Gasteiger partial charge in [-0.2, -0.15) is 0 Å². The second-order valence-electron chi connectivity index (χ2n) is 4.93. The standard InChI is InChI=1S/C13H15ClF2N2O/c1-7-5-18(6-8(2)17-7)13(19)9-3-12(16)10(14)4-11(9)15/h3-4,7-8,17H,5-6H2,1-2H3. The molecule has 1 aromatic rings. The number of carbonyl (C=O) groups is 1. The molecule has 0 aromatic heterocycles. The molecule has 19 heavy (non-hydrogen) atoms. The van der Waals surface area contributed by atoms with Crippen LogP contribution in [-0.4, -0.2) is 36.0 Å². The number of carbonyl (C=O) groups excluding carboxylic acids is 1. The topological polar surface area (TPSA) is 32.3 Å². The maximum absolute atomic E-state index is 13.7. The van der Waals surface area contributed by atoms with Gasteiger partial charge in [0.2, 0.25) is 0 Å². The molecule has 1 saturated heterocycles. The zero-order valence-corrected chi connectivity index (χ0v) is 11.5. The smallest absolute Gasteiger partial charge is 0.257 e. The largest absolute Gasteiger partial charge is 0.335 e. The van der Waals surface area contributed by atoms with E-state index < -0.39 is 17.5 Å². The fourth-order valence-corrected chi connectivity index (χ4v) is 2.50. The SMILES string of the molecule is CC1CN(C(=O)c2cc(F)c(Cl)cc2F)CC(C)N1. The lowest BCUT2D eigenvalue weighted by atomic mass is 10.1. The number of halogens is 3. The molecule has 1 fully saturated rings. The average Bonchev–Trinajstić information content (AvgIpc) is 2.31. The summed E-state index contributed by atoms with van der Waals surface area (Å²) in [4.78, 5) is 13.7. The van der Waals surface area contributed by atoms with Gasteiger partial charge in [0.25, 0.3) is 5.91 Å². The van der Waals surface area contributed by atoms with Crippen LogP contribution in [0.4, 0.5) is 8.78 Å². The Kier molecular flexibility index (Phi) is 4.06. The Morgan fingerprint density at radius 1 is 1.26 bits per heavy atom. The normalized spacial score (nSPS) is 23.5. The first-order valence-electron chi connectivity index (χ1n) is 6.08. The summed E-state index contributed by atoms with van der Waals surface area (Å²) in [5.41, 5.74) is -0.275. The number of piperazine rings is 1. The zero-order valence-electron chi connectivity index (χ0n) is 10.7. The van der Waals surface area contributed by atoms with Gasteiger partial charge in [0, 0.05) is 25.2 Å². The van der Waals surface area contributed by atoms with Crippen molar-refractivity contribution in [1.29, 1.82) is 0 Å². The van der Waals surface area contributed by atoms with E-state index in [1.165, 1.54) is 4.90 Å². The highest BCUT2D eigenvalue weighted by Crippen LogP contribution is 2.21. The molecule has 2 atom stereocenters. The van der Waals surface area contributed by atoms with Crippen molar-refractivity contribution in [1.82, 2.24) is 10.2 Å². The van der Waals surface area contributed by atoms with Crippen LogP contribution in [0.3, 0.4) is 0 Å². The molecule has 2 rings (SSSR count). The lowest BCUT2D eigenvalue weighted by molar-refractivity contribution is 0.0668. The molecule has 0 spiro atoms. The van der Waals surface area contributed by atoms with E-state index >= 15 is 0 Å². The molecule has 1 aliphatic heterocycles. The van der Waals surface area contributed by atoms with Crippen LogP contribution in [0.25, 0.3) is 0 Å². The fraction of sp³-hybridized carbons (Fsp3) is 0.462. The first-order valence-corrected chi connectivity index (χ1v) is 6.46. The van der Waals surface area contributed by atoms with Crippen LogP contribution in [0.1, 0.15) is 24.2 Å². The summed E-state index contributed by atoms with van der Waals surface area (Å²) >= 11 is 5.47. The number of benzene rings is 1. The third-order valence-corrected chi connectivity index (χ3v) is 3.37. The molecule has 1 aromatic carbocycles. The molecule has 6 heteroatoms. The van der Waals surface area contributed by atoms with Crippen molar-refractivity contribution in [2.45, 2.75) is 25.9 Å². The lowest BCUT2D eigenvalue weighted by Gasteiger charge is -2.36. The Morgan fingerprint density at radius 2 is 1.84 bits per heavy atom. The van der Waals surface area contributed by atoms with E-state index in [0.717, 1.165) is 12.1 Å². The van der Waals surface area contributed by atoms with Crippen molar-refractivity contribution in [3.05, 3.63) is 34.4 Å². The maximum Gasteiger partial charge on any atom is 0.257 e. The molecular weight excluding hydrogens is 274 g/mol. The Bertz CT molecular complexity index is 500. The van der Waals surface area contributed by atoms with Gasteiger partial charge in [-0.3, -0.25) is 4.79 Å². The van der Waals surface area contributed by atoms with E-state index in [1.54, 1.807) is 0 Å². The van der Waals surface area contributed by atoms with Crippen molar-refractivity contribution in [3.8, 4) is 0 Å². The first-order chi connectivity index (χ1) is 8.88. The summed E-state index contributed by atoms with van der Waals surface area (Å²) in [6.45, 7) is 4.81. The highest BCUT2D eigenvalue weighted by Gasteiger charge is 2.27. The molecule has 1 heterocycles. The quantitative estimate of drug-likeness (QED) is 0.805. The van der Waals surface area contributed by atoms with Crippen molar-refractivity contribution in [3.63, 3.8) is 0 Å². The molecule has 0 aliphatic carbocycles. The highest BCUT2D eigenvalue weighted by atomic mass is 35.5. The van der Waals surface area contributed by atoms with E-state index in [1.807, 2.05) is 13.8 Å². The molecule has 0 radical (unpaired) electrons. The zero-order chi connectivity index (χ0) is 14.2. The van der Waals surface area contributed by atoms with Crippen molar-refractivity contribution in [2.24, 2.45) is 0 Å². The van der Waals surface area contributed by atoms with Crippen LogP contribution >= 0.6 is 11.6 Å². The molecule has 2 unspecified atom stereocenters. The number of nitrogens with zero attached hydrogens (tertiary/aromatic N) is 1. The number of amides is 1. The average molecular weight is 289 g/mol. The van der Waals surface area contributed by atoms with E-state index in [4.69, 9.17) is 11.6 Å². The van der Waals surface area contributed by atoms with E-state index in [2.05, 4.69) is 5.32 Å². The summed E-state index contributed by atoms with van der Waals surface area (Å²) < 4.78 is 27.1. The monoisotopic (exact) mass is 288 g/mol. The Balaban J connectivity index is 2.26. The van der Waals surface area contributed by atoms with Crippen molar-refractivity contribution < 1.29 is 13.6 Å². The van der Waals surface area contributed by atoms with Crippen LogP contribution in [0, 0.1) is 11.6 Å². The van der Waals surface area contributed by atoms with Gasteiger partial charge in [0.1, 0.15) is 11.6 Å². The summed E-state index contributed by atoms with van der Waals surface area (Å²) in [6, 6.07) is 1.93. The van der Waals surface area contributed by atoms with Gasteiger partial charge in [-0.1, -0.05) is 11.6 Å². The van der Waals surface area contributed by atoms with E-state index in [9.17, 15) is 13.6 Å². The molecule has 0 bridgehead atoms. The maximum atomic E-state index is 13.7. The number of hydrogen-bond acceptors (Lipinski definition) is 2. The summed E-state index contributed by atoms with van der Waals surface area (Å²) in [6.07, 6.45) is 0. The molecule has 104 valence electrons. The number of hydrogen-bond donors (Lipinski definition) is 1. The second kappa shape index (κ2) is 5.43. The van der Waals surface area contributed by atoms with Crippen molar-refractivity contribution in [2.75, 3.05) is 13.1 Å². The fourth-order valence-electron chi connectivity index (χ4n) is 2.35. The minimum Gasteiger partial charge on any atom is -0.335 e. The van der Waals surface area contributed by atoms with Crippen molar-refractivity contribution >= 4 is 17.5 Å². The van der Waals surface area contributed by atoms with E-state index in [-0.39, 0.29) is 22.7 Å². The minimum absolute atomic E-state index is 0.118. The van der Waals surface area contributed by atoms with Gasteiger partial charge in [-0.15, -0.1) is 0 Å². The third-order valence-electron chi connectivity index (χ3n) is 3.09. The Morgan fingerprint density at radius 3 is 2.42 bits per heavy atom. The first kappa shape index (κ1) is 14.2. The molecule has 3 nitrogen and oxygen atoms in total.